The second-order valence-electron chi connectivity index (χ2n) is 7.75. The van der Waals surface area contributed by atoms with Crippen LogP contribution in [0.5, 0.6) is 0 Å². The zero-order chi connectivity index (χ0) is 17.7. The van der Waals surface area contributed by atoms with Crippen molar-refractivity contribution in [1.29, 1.82) is 0 Å². The van der Waals surface area contributed by atoms with Gasteiger partial charge in [-0.3, -0.25) is 4.79 Å². The fourth-order valence-corrected chi connectivity index (χ4v) is 5.27. The summed E-state index contributed by atoms with van der Waals surface area (Å²) in [6.07, 6.45) is 8.12. The van der Waals surface area contributed by atoms with E-state index in [2.05, 4.69) is 15.6 Å². The van der Waals surface area contributed by atoms with Gasteiger partial charge in [-0.15, -0.1) is 0 Å². The van der Waals surface area contributed by atoms with Crippen LogP contribution >= 0.6 is 11.8 Å². The van der Waals surface area contributed by atoms with Gasteiger partial charge in [0.05, 0.1) is 5.60 Å². The molecule has 0 bridgehead atoms. The van der Waals surface area contributed by atoms with Gasteiger partial charge in [0.1, 0.15) is 6.54 Å². The van der Waals surface area contributed by atoms with Gasteiger partial charge in [-0.05, 0) is 37.9 Å². The van der Waals surface area contributed by atoms with Crippen molar-refractivity contribution in [1.82, 2.24) is 15.5 Å². The van der Waals surface area contributed by atoms with Crippen molar-refractivity contribution in [2.45, 2.75) is 62.6 Å². The summed E-state index contributed by atoms with van der Waals surface area (Å²) in [5.74, 6) is 3.14. The first-order chi connectivity index (χ1) is 12.1. The van der Waals surface area contributed by atoms with E-state index < -0.39 is 0 Å². The lowest BCUT2D eigenvalue weighted by atomic mass is 9.90. The molecule has 0 aromatic heterocycles. The number of carbonyl (C=O) groups excluding carboxylic acids is 1. The Balaban J connectivity index is 1.61. The summed E-state index contributed by atoms with van der Waals surface area (Å²) in [6.45, 7) is 1.00. The van der Waals surface area contributed by atoms with E-state index in [0.29, 0.717) is 12.1 Å². The molecule has 0 radical (unpaired) electrons. The molecule has 2 heterocycles. The number of ether oxygens (including phenoxy) is 1. The van der Waals surface area contributed by atoms with Crippen molar-refractivity contribution >= 4 is 23.6 Å². The monoisotopic (exact) mass is 368 g/mol. The van der Waals surface area contributed by atoms with Gasteiger partial charge >= 0.3 is 0 Å². The zero-order valence-corrected chi connectivity index (χ0v) is 16.4. The van der Waals surface area contributed by atoms with E-state index in [9.17, 15) is 4.79 Å². The van der Waals surface area contributed by atoms with Crippen molar-refractivity contribution in [2.24, 2.45) is 4.99 Å². The van der Waals surface area contributed by atoms with Crippen LogP contribution in [-0.4, -0.2) is 73.2 Å². The number of rotatable bonds is 4. The number of carbonyl (C=O) groups is 1. The third kappa shape index (κ3) is 5.26. The van der Waals surface area contributed by atoms with Crippen LogP contribution in [0.2, 0.25) is 0 Å². The topological polar surface area (TPSA) is 66.0 Å². The summed E-state index contributed by atoms with van der Waals surface area (Å²) < 4.78 is 6.12. The zero-order valence-electron chi connectivity index (χ0n) is 15.6. The number of nitrogens with zero attached hydrogens (tertiary/aromatic N) is 2. The lowest BCUT2D eigenvalue weighted by Crippen LogP contribution is -2.53. The molecule has 3 fully saturated rings. The Hall–Kier alpha value is -0.950. The molecule has 6 nitrogen and oxygen atoms in total. The number of hydrogen-bond donors (Lipinski definition) is 2. The van der Waals surface area contributed by atoms with Crippen LogP contribution in [0.25, 0.3) is 0 Å². The predicted molar refractivity (Wildman–Crippen MR) is 103 cm³/mol. The third-order valence-corrected chi connectivity index (χ3v) is 6.69. The average Bonchev–Trinajstić information content (AvgIpc) is 3.25. The van der Waals surface area contributed by atoms with Gasteiger partial charge in [0, 0.05) is 38.5 Å². The van der Waals surface area contributed by atoms with Gasteiger partial charge in [0.15, 0.2) is 5.96 Å². The summed E-state index contributed by atoms with van der Waals surface area (Å²) in [6, 6.07) is 0.853. The highest BCUT2D eigenvalue weighted by Crippen LogP contribution is 2.38. The Morgan fingerprint density at radius 1 is 1.24 bits per heavy atom. The normalized spacial score (nSPS) is 30.6. The minimum Gasteiger partial charge on any atom is -0.374 e. The molecule has 3 rings (SSSR count). The van der Waals surface area contributed by atoms with Crippen molar-refractivity contribution in [3.05, 3.63) is 0 Å². The maximum atomic E-state index is 11.9. The maximum absolute atomic E-state index is 11.9. The highest BCUT2D eigenvalue weighted by atomic mass is 32.2. The molecule has 2 aliphatic heterocycles. The molecule has 7 heteroatoms. The van der Waals surface area contributed by atoms with Crippen LogP contribution in [0.3, 0.4) is 0 Å². The first-order valence-corrected chi connectivity index (χ1v) is 10.7. The Morgan fingerprint density at radius 3 is 2.68 bits per heavy atom. The molecule has 142 valence electrons. The van der Waals surface area contributed by atoms with E-state index in [1.807, 2.05) is 11.8 Å². The average molecular weight is 369 g/mol. The molecule has 2 unspecified atom stereocenters. The lowest BCUT2D eigenvalue weighted by molar-refractivity contribution is -0.127. The maximum Gasteiger partial charge on any atom is 0.243 e. The smallest absolute Gasteiger partial charge is 0.243 e. The Morgan fingerprint density at radius 2 is 2.00 bits per heavy atom. The van der Waals surface area contributed by atoms with Crippen molar-refractivity contribution in [3.8, 4) is 0 Å². The van der Waals surface area contributed by atoms with Crippen molar-refractivity contribution in [2.75, 3.05) is 38.8 Å². The predicted octanol–water partition coefficient (Wildman–Crippen LogP) is 1.61. The highest BCUT2D eigenvalue weighted by molar-refractivity contribution is 7.99. The fraction of sp³-hybridized carbons (Fsp3) is 0.889. The van der Waals surface area contributed by atoms with Gasteiger partial charge in [0.25, 0.3) is 0 Å². The van der Waals surface area contributed by atoms with Gasteiger partial charge in [-0.25, -0.2) is 4.99 Å². The van der Waals surface area contributed by atoms with E-state index in [-0.39, 0.29) is 18.1 Å². The molecule has 2 saturated heterocycles. The molecule has 1 amide bonds. The molecule has 25 heavy (non-hydrogen) atoms. The fourth-order valence-electron chi connectivity index (χ4n) is 3.89. The Labute approximate surface area is 155 Å². The summed E-state index contributed by atoms with van der Waals surface area (Å²) in [5, 5.41) is 7.17. The standard InChI is InChI=1S/C18H32N4O2S/c1-22(2)16(23)12-19-17(20-14-5-3-4-6-14)21-15-7-9-24-18(11-15)8-10-25-13-18/h14-15H,3-13H2,1-2H3,(H2,19,20,21). The Bertz CT molecular complexity index is 485. The summed E-state index contributed by atoms with van der Waals surface area (Å²) >= 11 is 2.00. The van der Waals surface area contributed by atoms with Gasteiger partial charge in [-0.1, -0.05) is 12.8 Å². The number of aliphatic imine (C=N–C) groups is 1. The number of amides is 1. The van der Waals surface area contributed by atoms with E-state index in [0.717, 1.165) is 37.6 Å². The number of hydrogen-bond acceptors (Lipinski definition) is 4. The molecular formula is C18H32N4O2S. The molecule has 1 aliphatic carbocycles. The molecule has 1 saturated carbocycles. The largest absolute Gasteiger partial charge is 0.374 e. The molecule has 0 aromatic carbocycles. The van der Waals surface area contributed by atoms with Crippen LogP contribution in [0.1, 0.15) is 44.9 Å². The van der Waals surface area contributed by atoms with Gasteiger partial charge in [-0.2, -0.15) is 11.8 Å². The number of likely N-dealkylation sites (N-methyl/N-ethyl adjacent to an activating group) is 1. The summed E-state index contributed by atoms with van der Waals surface area (Å²) in [5.41, 5.74) is 0.0541. The molecule has 3 aliphatic rings. The van der Waals surface area contributed by atoms with Crippen LogP contribution < -0.4 is 10.6 Å². The van der Waals surface area contributed by atoms with Crippen molar-refractivity contribution < 1.29 is 9.53 Å². The van der Waals surface area contributed by atoms with Gasteiger partial charge < -0.3 is 20.3 Å². The first-order valence-electron chi connectivity index (χ1n) is 9.56. The van der Waals surface area contributed by atoms with E-state index in [1.54, 1.807) is 19.0 Å². The van der Waals surface area contributed by atoms with E-state index >= 15 is 0 Å². The number of thioether (sulfide) groups is 1. The third-order valence-electron chi connectivity index (χ3n) is 5.47. The summed E-state index contributed by atoms with van der Waals surface area (Å²) in [7, 11) is 3.55. The lowest BCUT2D eigenvalue weighted by Gasteiger charge is -2.38. The summed E-state index contributed by atoms with van der Waals surface area (Å²) in [4.78, 5) is 18.1. The number of guanidine groups is 1. The Kier molecular flexibility index (Phi) is 6.49. The number of nitrogens with one attached hydrogen (secondary N) is 2. The second-order valence-corrected chi connectivity index (χ2v) is 8.85. The first kappa shape index (κ1) is 18.8. The molecular weight excluding hydrogens is 336 g/mol. The van der Waals surface area contributed by atoms with Crippen LogP contribution in [0.4, 0.5) is 0 Å². The molecule has 2 N–H and O–H groups in total. The minimum absolute atomic E-state index is 0.0307. The molecule has 2 atom stereocenters. The molecule has 1 spiro atoms. The van der Waals surface area contributed by atoms with Crippen LogP contribution in [0.15, 0.2) is 4.99 Å². The van der Waals surface area contributed by atoms with Crippen LogP contribution in [-0.2, 0) is 9.53 Å². The van der Waals surface area contributed by atoms with Gasteiger partial charge in [0.2, 0.25) is 5.91 Å². The minimum atomic E-state index is 0.0307. The quantitative estimate of drug-likeness (QED) is 0.583. The van der Waals surface area contributed by atoms with E-state index in [4.69, 9.17) is 4.74 Å². The van der Waals surface area contributed by atoms with Crippen molar-refractivity contribution in [3.63, 3.8) is 0 Å². The SMILES string of the molecule is CN(C)C(=O)CN=C(NC1CCCC1)NC1CCOC2(CCSC2)C1. The highest BCUT2D eigenvalue weighted by Gasteiger charge is 2.40. The molecule has 0 aromatic rings. The van der Waals surface area contributed by atoms with E-state index in [1.165, 1.54) is 31.4 Å². The second kappa shape index (κ2) is 8.62. The van der Waals surface area contributed by atoms with Crippen LogP contribution in [0, 0.1) is 0 Å².